The van der Waals surface area contributed by atoms with Crippen molar-refractivity contribution in [2.45, 2.75) is 18.2 Å². The van der Waals surface area contributed by atoms with Crippen LogP contribution in [0.1, 0.15) is 12.5 Å². The van der Waals surface area contributed by atoms with Gasteiger partial charge in [-0.1, -0.05) is 12.1 Å². The van der Waals surface area contributed by atoms with Crippen LogP contribution in [0, 0.1) is 5.82 Å². The second kappa shape index (κ2) is 7.23. The molecular weight excluding hydrogens is 319 g/mol. The zero-order valence-electron chi connectivity index (χ0n) is 12.5. The SMILES string of the molecule is CC(=O)NCCc1ccc(S(=O)(=O)Nc2ccc(F)cc2)cc1. The third-order valence-electron chi connectivity index (χ3n) is 3.12. The van der Waals surface area contributed by atoms with E-state index in [1.807, 2.05) is 0 Å². The van der Waals surface area contributed by atoms with E-state index in [4.69, 9.17) is 0 Å². The van der Waals surface area contributed by atoms with Crippen molar-refractivity contribution in [3.05, 3.63) is 59.9 Å². The zero-order valence-corrected chi connectivity index (χ0v) is 13.4. The van der Waals surface area contributed by atoms with E-state index in [1.54, 1.807) is 12.1 Å². The minimum absolute atomic E-state index is 0.104. The number of anilines is 1. The Bertz CT molecular complexity index is 772. The largest absolute Gasteiger partial charge is 0.356 e. The van der Waals surface area contributed by atoms with E-state index in [9.17, 15) is 17.6 Å². The molecule has 0 aliphatic rings. The van der Waals surface area contributed by atoms with Crippen LogP contribution in [0.2, 0.25) is 0 Å². The maximum absolute atomic E-state index is 12.8. The third-order valence-corrected chi connectivity index (χ3v) is 4.51. The summed E-state index contributed by atoms with van der Waals surface area (Å²) in [6.45, 7) is 1.94. The fraction of sp³-hybridized carbons (Fsp3) is 0.188. The summed E-state index contributed by atoms with van der Waals surface area (Å²) in [5, 5.41) is 2.68. The van der Waals surface area contributed by atoms with E-state index < -0.39 is 15.8 Å². The van der Waals surface area contributed by atoms with Gasteiger partial charge >= 0.3 is 0 Å². The lowest BCUT2D eigenvalue weighted by molar-refractivity contribution is -0.118. The monoisotopic (exact) mass is 336 g/mol. The summed E-state index contributed by atoms with van der Waals surface area (Å²) in [5.74, 6) is -0.538. The number of carbonyl (C=O) groups excluding carboxylic acids is 1. The lowest BCUT2D eigenvalue weighted by Crippen LogP contribution is -2.22. The first kappa shape index (κ1) is 17.0. The van der Waals surface area contributed by atoms with Gasteiger partial charge in [0.1, 0.15) is 5.82 Å². The topological polar surface area (TPSA) is 75.3 Å². The maximum Gasteiger partial charge on any atom is 0.261 e. The normalized spacial score (nSPS) is 11.0. The molecule has 0 radical (unpaired) electrons. The standard InChI is InChI=1S/C16H17FN2O3S/c1-12(20)18-11-10-13-2-8-16(9-3-13)23(21,22)19-15-6-4-14(17)5-7-15/h2-9,19H,10-11H2,1H3,(H,18,20). The van der Waals surface area contributed by atoms with Gasteiger partial charge in [0.2, 0.25) is 5.91 Å². The van der Waals surface area contributed by atoms with Gasteiger partial charge in [-0.25, -0.2) is 12.8 Å². The van der Waals surface area contributed by atoms with E-state index >= 15 is 0 Å². The molecule has 2 N–H and O–H groups in total. The van der Waals surface area contributed by atoms with Gasteiger partial charge in [-0.15, -0.1) is 0 Å². The van der Waals surface area contributed by atoms with Gasteiger partial charge < -0.3 is 5.32 Å². The summed E-state index contributed by atoms with van der Waals surface area (Å²) in [7, 11) is -3.72. The van der Waals surface area contributed by atoms with Crippen molar-refractivity contribution in [3.8, 4) is 0 Å². The number of hydrogen-bond acceptors (Lipinski definition) is 3. The molecule has 2 aromatic carbocycles. The van der Waals surface area contributed by atoms with E-state index in [-0.39, 0.29) is 10.8 Å². The molecule has 0 fully saturated rings. The molecule has 1 amide bonds. The highest BCUT2D eigenvalue weighted by atomic mass is 32.2. The number of hydrogen-bond donors (Lipinski definition) is 2. The Morgan fingerprint density at radius 3 is 2.22 bits per heavy atom. The van der Waals surface area contributed by atoms with Crippen LogP contribution in [0.15, 0.2) is 53.4 Å². The number of nitrogens with one attached hydrogen (secondary N) is 2. The maximum atomic E-state index is 12.8. The lowest BCUT2D eigenvalue weighted by atomic mass is 10.1. The fourth-order valence-electron chi connectivity index (χ4n) is 1.95. The highest BCUT2D eigenvalue weighted by Gasteiger charge is 2.14. The molecule has 0 saturated heterocycles. The van der Waals surface area contributed by atoms with E-state index in [0.29, 0.717) is 18.7 Å². The second-order valence-electron chi connectivity index (χ2n) is 4.99. The van der Waals surface area contributed by atoms with Crippen LogP contribution < -0.4 is 10.0 Å². The number of sulfonamides is 1. The number of halogens is 1. The molecule has 0 spiro atoms. The third kappa shape index (κ3) is 5.07. The minimum Gasteiger partial charge on any atom is -0.356 e. The molecule has 7 heteroatoms. The second-order valence-corrected chi connectivity index (χ2v) is 6.67. The summed E-state index contributed by atoms with van der Waals surface area (Å²) >= 11 is 0. The number of carbonyl (C=O) groups is 1. The summed E-state index contributed by atoms with van der Waals surface area (Å²) < 4.78 is 39.7. The van der Waals surface area contributed by atoms with Gasteiger partial charge in [-0.2, -0.15) is 0 Å². The molecule has 0 aliphatic heterocycles. The lowest BCUT2D eigenvalue weighted by Gasteiger charge is -2.09. The van der Waals surface area contributed by atoms with Crippen molar-refractivity contribution >= 4 is 21.6 Å². The van der Waals surface area contributed by atoms with Crippen LogP contribution in [0.5, 0.6) is 0 Å². The molecule has 122 valence electrons. The van der Waals surface area contributed by atoms with Crippen LogP contribution in [0.3, 0.4) is 0 Å². The summed E-state index contributed by atoms with van der Waals surface area (Å²) in [4.78, 5) is 10.9. The minimum atomic E-state index is -3.72. The summed E-state index contributed by atoms with van der Waals surface area (Å²) in [5.41, 5.74) is 1.21. The van der Waals surface area contributed by atoms with Gasteiger partial charge in [-0.05, 0) is 48.4 Å². The molecule has 5 nitrogen and oxygen atoms in total. The molecule has 23 heavy (non-hydrogen) atoms. The Morgan fingerprint density at radius 1 is 1.04 bits per heavy atom. The zero-order chi connectivity index (χ0) is 16.9. The molecule has 0 unspecified atom stereocenters. The van der Waals surface area contributed by atoms with E-state index in [2.05, 4.69) is 10.0 Å². The first-order valence-corrected chi connectivity index (χ1v) is 8.47. The molecule has 0 heterocycles. The first-order valence-electron chi connectivity index (χ1n) is 6.98. The van der Waals surface area contributed by atoms with Gasteiger partial charge in [0.25, 0.3) is 10.0 Å². The Hall–Kier alpha value is -2.41. The van der Waals surface area contributed by atoms with Crippen LogP contribution in [0.4, 0.5) is 10.1 Å². The number of rotatable bonds is 6. The molecule has 0 aromatic heterocycles. The highest BCUT2D eigenvalue weighted by Crippen LogP contribution is 2.17. The molecular formula is C16H17FN2O3S. The molecule has 0 saturated carbocycles. The summed E-state index contributed by atoms with van der Waals surface area (Å²) in [6.07, 6.45) is 0.616. The predicted octanol–water partition coefficient (Wildman–Crippen LogP) is 2.31. The molecule has 2 rings (SSSR count). The Kier molecular flexibility index (Phi) is 5.33. The fourth-order valence-corrected chi connectivity index (χ4v) is 3.01. The van der Waals surface area contributed by atoms with E-state index in [0.717, 1.165) is 5.56 Å². The average Bonchev–Trinajstić information content (AvgIpc) is 2.50. The highest BCUT2D eigenvalue weighted by molar-refractivity contribution is 7.92. The van der Waals surface area contributed by atoms with Crippen molar-refractivity contribution in [3.63, 3.8) is 0 Å². The van der Waals surface area contributed by atoms with Gasteiger partial charge in [0.15, 0.2) is 0 Å². The molecule has 2 aromatic rings. The Balaban J connectivity index is 2.05. The molecule has 0 bridgehead atoms. The van der Waals surface area contributed by atoms with Crippen LogP contribution in [-0.4, -0.2) is 20.9 Å². The van der Waals surface area contributed by atoms with Crippen molar-refractivity contribution in [2.24, 2.45) is 0 Å². The van der Waals surface area contributed by atoms with E-state index in [1.165, 1.54) is 43.3 Å². The van der Waals surface area contributed by atoms with Crippen molar-refractivity contribution in [2.75, 3.05) is 11.3 Å². The number of amides is 1. The number of benzene rings is 2. The quantitative estimate of drug-likeness (QED) is 0.850. The Labute approximate surface area is 134 Å². The predicted molar refractivity (Wildman–Crippen MR) is 86.0 cm³/mol. The van der Waals surface area contributed by atoms with Crippen molar-refractivity contribution in [1.29, 1.82) is 0 Å². The van der Waals surface area contributed by atoms with Crippen LogP contribution in [0.25, 0.3) is 0 Å². The van der Waals surface area contributed by atoms with Crippen LogP contribution in [-0.2, 0) is 21.2 Å². The summed E-state index contributed by atoms with van der Waals surface area (Å²) in [6, 6.07) is 11.5. The van der Waals surface area contributed by atoms with Crippen molar-refractivity contribution < 1.29 is 17.6 Å². The molecule has 0 aliphatic carbocycles. The van der Waals surface area contributed by atoms with Gasteiger partial charge in [0.05, 0.1) is 4.90 Å². The van der Waals surface area contributed by atoms with Gasteiger partial charge in [0, 0.05) is 19.2 Å². The average molecular weight is 336 g/mol. The molecule has 0 atom stereocenters. The van der Waals surface area contributed by atoms with Crippen molar-refractivity contribution in [1.82, 2.24) is 5.32 Å². The Morgan fingerprint density at radius 2 is 1.65 bits per heavy atom. The van der Waals surface area contributed by atoms with Gasteiger partial charge in [-0.3, -0.25) is 9.52 Å². The smallest absolute Gasteiger partial charge is 0.261 e. The van der Waals surface area contributed by atoms with Crippen LogP contribution >= 0.6 is 0 Å². The first-order chi connectivity index (χ1) is 10.9.